The van der Waals surface area contributed by atoms with Gasteiger partial charge < -0.3 is 4.57 Å². The molecule has 0 radical (unpaired) electrons. The first kappa shape index (κ1) is 13.1. The number of benzene rings is 1. The second kappa shape index (κ2) is 5.59. The molecule has 0 aliphatic heterocycles. The van der Waals surface area contributed by atoms with E-state index in [9.17, 15) is 4.39 Å². The van der Waals surface area contributed by atoms with Gasteiger partial charge in [0.05, 0.1) is 5.88 Å². The van der Waals surface area contributed by atoms with E-state index in [-0.39, 0.29) is 5.82 Å². The van der Waals surface area contributed by atoms with E-state index in [1.54, 1.807) is 18.3 Å². The second-order valence-electron chi connectivity index (χ2n) is 4.54. The van der Waals surface area contributed by atoms with Crippen molar-refractivity contribution in [3.63, 3.8) is 0 Å². The summed E-state index contributed by atoms with van der Waals surface area (Å²) in [6.45, 7) is 0.723. The Hall–Kier alpha value is -1.94. The topological polar surface area (TPSA) is 30.7 Å². The maximum atomic E-state index is 12.9. The molecule has 0 atom stereocenters. The highest BCUT2D eigenvalue weighted by molar-refractivity contribution is 6.16. The summed E-state index contributed by atoms with van der Waals surface area (Å²) in [4.78, 5) is 8.82. The van der Waals surface area contributed by atoms with Crippen LogP contribution in [0.15, 0.2) is 42.6 Å². The van der Waals surface area contributed by atoms with E-state index >= 15 is 0 Å². The number of halogens is 2. The number of hydrogen-bond acceptors (Lipinski definition) is 2. The summed E-state index contributed by atoms with van der Waals surface area (Å²) in [7, 11) is 0. The van der Waals surface area contributed by atoms with Crippen molar-refractivity contribution in [1.29, 1.82) is 0 Å². The van der Waals surface area contributed by atoms with Crippen molar-refractivity contribution in [3.8, 4) is 0 Å². The molecule has 3 aromatic rings. The lowest BCUT2D eigenvalue weighted by Crippen LogP contribution is -2.06. The van der Waals surface area contributed by atoms with Crippen LogP contribution in [0.2, 0.25) is 0 Å². The van der Waals surface area contributed by atoms with Gasteiger partial charge >= 0.3 is 0 Å². The van der Waals surface area contributed by atoms with Crippen molar-refractivity contribution in [2.75, 3.05) is 0 Å². The normalized spacial score (nSPS) is 11.1. The van der Waals surface area contributed by atoms with Crippen LogP contribution in [0.25, 0.3) is 11.2 Å². The molecule has 102 valence electrons. The predicted molar refractivity (Wildman–Crippen MR) is 77.2 cm³/mol. The number of imidazole rings is 1. The Kier molecular flexibility index (Phi) is 3.65. The summed E-state index contributed by atoms with van der Waals surface area (Å²) in [5.41, 5.74) is 2.76. The maximum absolute atomic E-state index is 12.9. The molecular weight excluding hydrogens is 277 g/mol. The third-order valence-electron chi connectivity index (χ3n) is 3.24. The number of pyridine rings is 1. The molecule has 5 heteroatoms. The van der Waals surface area contributed by atoms with E-state index in [0.29, 0.717) is 5.88 Å². The van der Waals surface area contributed by atoms with Crippen LogP contribution in [-0.4, -0.2) is 14.5 Å². The number of hydrogen-bond donors (Lipinski definition) is 0. The number of alkyl halides is 1. The van der Waals surface area contributed by atoms with Crippen molar-refractivity contribution in [1.82, 2.24) is 14.5 Å². The zero-order valence-corrected chi connectivity index (χ0v) is 11.5. The number of aromatic nitrogens is 3. The largest absolute Gasteiger partial charge is 0.311 e. The van der Waals surface area contributed by atoms with Gasteiger partial charge in [-0.05, 0) is 36.2 Å². The van der Waals surface area contributed by atoms with Gasteiger partial charge in [0.15, 0.2) is 5.65 Å². The third-order valence-corrected chi connectivity index (χ3v) is 3.48. The molecule has 1 aromatic carbocycles. The minimum Gasteiger partial charge on any atom is -0.311 e. The van der Waals surface area contributed by atoms with E-state index in [4.69, 9.17) is 11.6 Å². The fourth-order valence-corrected chi connectivity index (χ4v) is 2.44. The minimum absolute atomic E-state index is 0.218. The Bertz CT molecular complexity index is 722. The average Bonchev–Trinajstić information content (AvgIpc) is 2.84. The van der Waals surface area contributed by atoms with Crippen LogP contribution in [0.1, 0.15) is 11.4 Å². The molecule has 0 saturated carbocycles. The molecule has 20 heavy (non-hydrogen) atoms. The molecule has 0 amide bonds. The molecule has 0 aliphatic rings. The minimum atomic E-state index is -0.218. The molecule has 0 N–H and O–H groups in total. The Balaban J connectivity index is 1.88. The van der Waals surface area contributed by atoms with Crippen LogP contribution in [0.5, 0.6) is 0 Å². The summed E-state index contributed by atoms with van der Waals surface area (Å²) in [6.07, 6.45) is 2.53. The molecule has 0 saturated heterocycles. The van der Waals surface area contributed by atoms with Gasteiger partial charge in [-0.25, -0.2) is 14.4 Å². The fraction of sp³-hybridized carbons (Fsp3) is 0.200. The first-order valence-electron chi connectivity index (χ1n) is 6.38. The van der Waals surface area contributed by atoms with Crippen molar-refractivity contribution in [2.45, 2.75) is 18.8 Å². The molecule has 0 unspecified atom stereocenters. The smallest absolute Gasteiger partial charge is 0.160 e. The van der Waals surface area contributed by atoms with Gasteiger partial charge in [0, 0.05) is 12.7 Å². The quantitative estimate of drug-likeness (QED) is 0.688. The Morgan fingerprint density at radius 3 is 2.70 bits per heavy atom. The van der Waals surface area contributed by atoms with Gasteiger partial charge in [0.2, 0.25) is 0 Å². The van der Waals surface area contributed by atoms with Crippen LogP contribution in [0, 0.1) is 5.82 Å². The van der Waals surface area contributed by atoms with E-state index in [1.807, 2.05) is 16.7 Å². The molecule has 0 bridgehead atoms. The second-order valence-corrected chi connectivity index (χ2v) is 4.80. The summed E-state index contributed by atoms with van der Waals surface area (Å²) >= 11 is 5.95. The van der Waals surface area contributed by atoms with Gasteiger partial charge in [-0.2, -0.15) is 0 Å². The van der Waals surface area contributed by atoms with Crippen LogP contribution >= 0.6 is 11.6 Å². The number of aryl methyl sites for hydroxylation is 2. The monoisotopic (exact) mass is 289 g/mol. The molecule has 2 heterocycles. The zero-order chi connectivity index (χ0) is 13.9. The Morgan fingerprint density at radius 2 is 1.95 bits per heavy atom. The molecule has 3 nitrogen and oxygen atoms in total. The molecule has 0 fully saturated rings. The third kappa shape index (κ3) is 2.51. The van der Waals surface area contributed by atoms with Crippen LogP contribution < -0.4 is 0 Å². The highest BCUT2D eigenvalue weighted by Crippen LogP contribution is 2.16. The maximum Gasteiger partial charge on any atom is 0.160 e. The molecular formula is C15H13ClFN3. The first-order chi connectivity index (χ1) is 9.78. The highest BCUT2D eigenvalue weighted by Gasteiger charge is 2.10. The van der Waals surface area contributed by atoms with E-state index in [0.717, 1.165) is 35.5 Å². The van der Waals surface area contributed by atoms with E-state index < -0.39 is 0 Å². The summed E-state index contributed by atoms with van der Waals surface area (Å²) in [5.74, 6) is 0.937. The first-order valence-corrected chi connectivity index (χ1v) is 6.92. The predicted octanol–water partition coefficient (Wildman–Crippen LogP) is 3.55. The van der Waals surface area contributed by atoms with Gasteiger partial charge in [0.25, 0.3) is 0 Å². The Labute approximate surface area is 121 Å². The molecule has 0 aliphatic carbocycles. The van der Waals surface area contributed by atoms with Crippen molar-refractivity contribution >= 4 is 22.8 Å². The lowest BCUT2D eigenvalue weighted by atomic mass is 10.1. The SMILES string of the molecule is Fc1ccc(CCn2c(CCl)nc3cccnc32)cc1. The van der Waals surface area contributed by atoms with Gasteiger partial charge in [-0.3, -0.25) is 0 Å². The Morgan fingerprint density at radius 1 is 1.15 bits per heavy atom. The zero-order valence-electron chi connectivity index (χ0n) is 10.8. The lowest BCUT2D eigenvalue weighted by molar-refractivity contribution is 0.625. The standard InChI is InChI=1S/C15H13ClFN3/c16-10-14-19-13-2-1-8-18-15(13)20(14)9-7-11-3-5-12(17)6-4-11/h1-6,8H,7,9-10H2. The van der Waals surface area contributed by atoms with E-state index in [2.05, 4.69) is 9.97 Å². The number of fused-ring (bicyclic) bond motifs is 1. The van der Waals surface area contributed by atoms with Gasteiger partial charge in [0.1, 0.15) is 17.2 Å². The van der Waals surface area contributed by atoms with Crippen molar-refractivity contribution in [2.24, 2.45) is 0 Å². The van der Waals surface area contributed by atoms with Crippen molar-refractivity contribution in [3.05, 3.63) is 59.8 Å². The van der Waals surface area contributed by atoms with Crippen molar-refractivity contribution < 1.29 is 4.39 Å². The van der Waals surface area contributed by atoms with Crippen LogP contribution in [0.3, 0.4) is 0 Å². The van der Waals surface area contributed by atoms with Crippen LogP contribution in [0.4, 0.5) is 4.39 Å². The fourth-order valence-electron chi connectivity index (χ4n) is 2.23. The molecule has 0 spiro atoms. The van der Waals surface area contributed by atoms with E-state index in [1.165, 1.54) is 12.1 Å². The van der Waals surface area contributed by atoms with Crippen LogP contribution in [-0.2, 0) is 18.8 Å². The summed E-state index contributed by atoms with van der Waals surface area (Å²) in [6, 6.07) is 10.3. The molecule has 2 aromatic heterocycles. The summed E-state index contributed by atoms with van der Waals surface area (Å²) in [5, 5.41) is 0. The summed E-state index contributed by atoms with van der Waals surface area (Å²) < 4.78 is 14.9. The van der Waals surface area contributed by atoms with Gasteiger partial charge in [-0.1, -0.05) is 12.1 Å². The number of rotatable bonds is 4. The highest BCUT2D eigenvalue weighted by atomic mass is 35.5. The lowest BCUT2D eigenvalue weighted by Gasteiger charge is -2.07. The van der Waals surface area contributed by atoms with Gasteiger partial charge in [-0.15, -0.1) is 11.6 Å². The molecule has 3 rings (SSSR count). The number of nitrogens with zero attached hydrogens (tertiary/aromatic N) is 3. The average molecular weight is 290 g/mol.